The number of piperazine rings is 1. The van der Waals surface area contributed by atoms with Gasteiger partial charge in [-0.05, 0) is 36.4 Å². The molecule has 0 spiro atoms. The second kappa shape index (κ2) is 9.82. The summed E-state index contributed by atoms with van der Waals surface area (Å²) in [5.41, 5.74) is 0. The predicted molar refractivity (Wildman–Crippen MR) is 114 cm³/mol. The first-order valence-corrected chi connectivity index (χ1v) is 10.8. The van der Waals surface area contributed by atoms with E-state index < -0.39 is 0 Å². The molecule has 0 radical (unpaired) electrons. The van der Waals surface area contributed by atoms with E-state index in [2.05, 4.69) is 20.1 Å². The lowest BCUT2D eigenvalue weighted by molar-refractivity contribution is -0.128. The van der Waals surface area contributed by atoms with Crippen LogP contribution in [0.3, 0.4) is 0 Å². The molecule has 0 unspecified atom stereocenters. The van der Waals surface area contributed by atoms with E-state index >= 15 is 0 Å². The molecule has 1 aromatic carbocycles. The number of ether oxygens (including phenoxy) is 1. The molecule has 10 heteroatoms. The first-order chi connectivity index (χ1) is 14.7. The summed E-state index contributed by atoms with van der Waals surface area (Å²) in [4.78, 5) is 20.9. The SMILES string of the molecule is O=C(CSc1nnc(COc2ccc(Cl)cc2)o1)N1CCN(c2ccccn2)CC1. The van der Waals surface area contributed by atoms with E-state index in [0.717, 1.165) is 18.9 Å². The van der Waals surface area contributed by atoms with E-state index in [1.54, 1.807) is 30.5 Å². The molecule has 0 saturated carbocycles. The second-order valence-corrected chi connectivity index (χ2v) is 7.91. The first kappa shape index (κ1) is 20.5. The van der Waals surface area contributed by atoms with Crippen molar-refractivity contribution < 1.29 is 13.9 Å². The number of rotatable bonds is 7. The molecule has 1 aliphatic rings. The maximum atomic E-state index is 12.5. The standard InChI is InChI=1S/C20H20ClN5O3S/c21-15-4-6-16(7-5-15)28-13-18-23-24-20(29-18)30-14-19(27)26-11-9-25(10-12-26)17-3-1-2-8-22-17/h1-8H,9-14H2. The molecule has 4 rings (SSSR count). The fourth-order valence-corrected chi connectivity index (χ4v) is 3.78. The molecular formula is C20H20ClN5O3S. The molecule has 3 heterocycles. The Morgan fingerprint density at radius 1 is 1.10 bits per heavy atom. The lowest BCUT2D eigenvalue weighted by Gasteiger charge is -2.35. The lowest BCUT2D eigenvalue weighted by atomic mass is 10.3. The number of hydrogen-bond donors (Lipinski definition) is 0. The van der Waals surface area contributed by atoms with Crippen molar-refractivity contribution in [1.82, 2.24) is 20.1 Å². The highest BCUT2D eigenvalue weighted by Gasteiger charge is 2.22. The van der Waals surface area contributed by atoms with E-state index in [-0.39, 0.29) is 18.3 Å². The fourth-order valence-electron chi connectivity index (χ4n) is 2.97. The van der Waals surface area contributed by atoms with Gasteiger partial charge in [-0.2, -0.15) is 0 Å². The minimum Gasteiger partial charge on any atom is -0.484 e. The molecule has 0 bridgehead atoms. The van der Waals surface area contributed by atoms with E-state index in [9.17, 15) is 4.79 Å². The Morgan fingerprint density at radius 2 is 1.90 bits per heavy atom. The Bertz CT molecular complexity index is 962. The van der Waals surface area contributed by atoms with E-state index in [1.807, 2.05) is 23.1 Å². The normalized spacial score (nSPS) is 14.0. The van der Waals surface area contributed by atoms with Crippen LogP contribution < -0.4 is 9.64 Å². The van der Waals surface area contributed by atoms with Gasteiger partial charge in [-0.25, -0.2) is 4.98 Å². The number of hydrogen-bond acceptors (Lipinski definition) is 8. The molecule has 0 atom stereocenters. The van der Waals surface area contributed by atoms with Crippen LogP contribution >= 0.6 is 23.4 Å². The summed E-state index contributed by atoms with van der Waals surface area (Å²) in [6.07, 6.45) is 1.78. The van der Waals surface area contributed by atoms with Crippen molar-refractivity contribution in [2.45, 2.75) is 11.8 Å². The smallest absolute Gasteiger partial charge is 0.277 e. The summed E-state index contributed by atoms with van der Waals surface area (Å²) in [7, 11) is 0. The van der Waals surface area contributed by atoms with E-state index in [1.165, 1.54) is 11.8 Å². The Morgan fingerprint density at radius 3 is 2.63 bits per heavy atom. The van der Waals surface area contributed by atoms with Crippen LogP contribution in [-0.2, 0) is 11.4 Å². The van der Waals surface area contributed by atoms with Crippen molar-refractivity contribution >= 4 is 35.1 Å². The molecule has 8 nitrogen and oxygen atoms in total. The van der Waals surface area contributed by atoms with Crippen LogP contribution in [0.15, 0.2) is 58.3 Å². The Balaban J connectivity index is 1.20. The van der Waals surface area contributed by atoms with Crippen LogP contribution in [0.1, 0.15) is 5.89 Å². The molecule has 3 aromatic rings. The molecular weight excluding hydrogens is 426 g/mol. The van der Waals surface area contributed by atoms with Gasteiger partial charge in [0.2, 0.25) is 5.91 Å². The van der Waals surface area contributed by atoms with Gasteiger partial charge in [-0.1, -0.05) is 29.4 Å². The minimum absolute atomic E-state index is 0.0536. The van der Waals surface area contributed by atoms with Crippen molar-refractivity contribution in [2.75, 3.05) is 36.8 Å². The zero-order chi connectivity index (χ0) is 20.8. The molecule has 156 valence electrons. The molecule has 1 aliphatic heterocycles. The van der Waals surface area contributed by atoms with Crippen LogP contribution in [0.4, 0.5) is 5.82 Å². The maximum Gasteiger partial charge on any atom is 0.277 e. The molecule has 0 aliphatic carbocycles. The third-order valence-electron chi connectivity index (χ3n) is 4.55. The zero-order valence-corrected chi connectivity index (χ0v) is 17.7. The average molecular weight is 446 g/mol. The quantitative estimate of drug-likeness (QED) is 0.513. The largest absolute Gasteiger partial charge is 0.484 e. The lowest BCUT2D eigenvalue weighted by Crippen LogP contribution is -2.49. The van der Waals surface area contributed by atoms with Crippen LogP contribution in [-0.4, -0.2) is 57.9 Å². The summed E-state index contributed by atoms with van der Waals surface area (Å²) < 4.78 is 11.1. The third kappa shape index (κ3) is 5.43. The number of halogens is 1. The maximum absolute atomic E-state index is 12.5. The van der Waals surface area contributed by atoms with Gasteiger partial charge in [0.05, 0.1) is 5.75 Å². The topological polar surface area (TPSA) is 84.6 Å². The van der Waals surface area contributed by atoms with Crippen LogP contribution in [0.2, 0.25) is 5.02 Å². The number of benzene rings is 1. The number of anilines is 1. The Hall–Kier alpha value is -2.78. The number of amides is 1. The number of pyridine rings is 1. The zero-order valence-electron chi connectivity index (χ0n) is 16.1. The van der Waals surface area contributed by atoms with Gasteiger partial charge in [0, 0.05) is 37.4 Å². The van der Waals surface area contributed by atoms with Gasteiger partial charge in [0.1, 0.15) is 11.6 Å². The first-order valence-electron chi connectivity index (χ1n) is 9.45. The predicted octanol–water partition coefficient (Wildman–Crippen LogP) is 3.14. The monoisotopic (exact) mass is 445 g/mol. The Labute approximate surface area is 183 Å². The number of carbonyl (C=O) groups is 1. The molecule has 30 heavy (non-hydrogen) atoms. The van der Waals surface area contributed by atoms with Gasteiger partial charge in [-0.15, -0.1) is 10.2 Å². The third-order valence-corrected chi connectivity index (χ3v) is 5.60. The molecule has 1 fully saturated rings. The van der Waals surface area contributed by atoms with Crippen molar-refractivity contribution in [2.24, 2.45) is 0 Å². The number of aromatic nitrogens is 3. The molecule has 1 saturated heterocycles. The van der Waals surface area contributed by atoms with Gasteiger partial charge in [-0.3, -0.25) is 4.79 Å². The molecule has 2 aromatic heterocycles. The summed E-state index contributed by atoms with van der Waals surface area (Å²) in [5.74, 6) is 2.26. The Kier molecular flexibility index (Phi) is 6.70. The average Bonchev–Trinajstić information content (AvgIpc) is 3.26. The second-order valence-electron chi connectivity index (χ2n) is 6.55. The van der Waals surface area contributed by atoms with Gasteiger partial charge in [0.15, 0.2) is 6.61 Å². The molecule has 0 N–H and O–H groups in total. The minimum atomic E-state index is 0.0536. The number of nitrogens with zero attached hydrogens (tertiary/aromatic N) is 5. The van der Waals surface area contributed by atoms with Gasteiger partial charge in [0.25, 0.3) is 11.1 Å². The highest BCUT2D eigenvalue weighted by atomic mass is 35.5. The van der Waals surface area contributed by atoms with Crippen molar-refractivity contribution in [3.05, 3.63) is 59.6 Å². The van der Waals surface area contributed by atoms with Crippen molar-refractivity contribution in [1.29, 1.82) is 0 Å². The van der Waals surface area contributed by atoms with E-state index in [4.69, 9.17) is 20.8 Å². The fraction of sp³-hybridized carbons (Fsp3) is 0.300. The van der Waals surface area contributed by atoms with Crippen LogP contribution in [0.5, 0.6) is 5.75 Å². The van der Waals surface area contributed by atoms with Gasteiger partial charge >= 0.3 is 0 Å². The van der Waals surface area contributed by atoms with Gasteiger partial charge < -0.3 is 19.0 Å². The van der Waals surface area contributed by atoms with Crippen LogP contribution in [0, 0.1) is 0 Å². The summed E-state index contributed by atoms with van der Waals surface area (Å²) >= 11 is 7.08. The van der Waals surface area contributed by atoms with Crippen LogP contribution in [0.25, 0.3) is 0 Å². The van der Waals surface area contributed by atoms with Crippen molar-refractivity contribution in [3.8, 4) is 5.75 Å². The van der Waals surface area contributed by atoms with Crippen molar-refractivity contribution in [3.63, 3.8) is 0 Å². The summed E-state index contributed by atoms with van der Waals surface area (Å²) in [5, 5.41) is 8.92. The highest BCUT2D eigenvalue weighted by Crippen LogP contribution is 2.20. The summed E-state index contributed by atoms with van der Waals surface area (Å²) in [6, 6.07) is 12.9. The highest BCUT2D eigenvalue weighted by molar-refractivity contribution is 7.99. The number of carbonyl (C=O) groups excluding carboxylic acids is 1. The summed E-state index contributed by atoms with van der Waals surface area (Å²) in [6.45, 7) is 3.01. The number of thioether (sulfide) groups is 1. The molecule has 1 amide bonds. The van der Waals surface area contributed by atoms with E-state index in [0.29, 0.717) is 35.0 Å².